The molecule has 0 spiro atoms. The number of benzene rings is 3. The Kier molecular flexibility index (Phi) is 8.80. The van der Waals surface area contributed by atoms with E-state index in [1.807, 2.05) is 48.5 Å². The van der Waals surface area contributed by atoms with Crippen LogP contribution in [0.25, 0.3) is 6.08 Å². The molecule has 0 N–H and O–H groups in total. The van der Waals surface area contributed by atoms with E-state index >= 15 is 0 Å². The van der Waals surface area contributed by atoms with Crippen LogP contribution in [-0.4, -0.2) is 31.4 Å². The van der Waals surface area contributed by atoms with Crippen molar-refractivity contribution in [1.82, 2.24) is 4.57 Å². The van der Waals surface area contributed by atoms with E-state index in [4.69, 9.17) is 30.5 Å². The van der Waals surface area contributed by atoms with E-state index < -0.39 is 12.0 Å². The number of aromatic nitrogens is 1. The van der Waals surface area contributed by atoms with Crippen LogP contribution in [0.5, 0.6) is 17.2 Å². The van der Waals surface area contributed by atoms with Crippen LogP contribution in [0.4, 0.5) is 0 Å². The van der Waals surface area contributed by atoms with Crippen LogP contribution in [0.1, 0.15) is 36.6 Å². The Hall–Kier alpha value is -4.34. The molecule has 0 bridgehead atoms. The van der Waals surface area contributed by atoms with Crippen LogP contribution in [0.15, 0.2) is 87.8 Å². The summed E-state index contributed by atoms with van der Waals surface area (Å²) in [6, 6.07) is 19.4. The molecule has 0 fully saturated rings. The number of esters is 1. The smallest absolute Gasteiger partial charge is 0.338 e. The summed E-state index contributed by atoms with van der Waals surface area (Å²) >= 11 is 7.21. The minimum Gasteiger partial charge on any atom is -0.497 e. The van der Waals surface area contributed by atoms with Crippen molar-refractivity contribution in [2.75, 3.05) is 20.8 Å². The lowest BCUT2D eigenvalue weighted by Gasteiger charge is -2.26. The van der Waals surface area contributed by atoms with E-state index in [-0.39, 0.29) is 17.7 Å². The molecule has 0 aliphatic carbocycles. The molecule has 1 atom stereocenters. The largest absolute Gasteiger partial charge is 0.497 e. The van der Waals surface area contributed by atoms with Crippen molar-refractivity contribution in [3.8, 4) is 17.2 Å². The van der Waals surface area contributed by atoms with Crippen molar-refractivity contribution in [3.63, 3.8) is 0 Å². The van der Waals surface area contributed by atoms with Crippen LogP contribution >= 0.6 is 22.9 Å². The van der Waals surface area contributed by atoms with Gasteiger partial charge in [0.05, 0.1) is 36.6 Å². The second-order valence-electron chi connectivity index (χ2n) is 9.39. The number of fused-ring (bicyclic) bond motifs is 1. The highest BCUT2D eigenvalue weighted by Crippen LogP contribution is 2.37. The Balaban J connectivity index is 1.53. The minimum absolute atomic E-state index is 0.186. The zero-order valence-corrected chi connectivity index (χ0v) is 25.1. The number of allylic oxidation sites excluding steroid dienone is 1. The fraction of sp³-hybridized carbons (Fsp3) is 0.219. The van der Waals surface area contributed by atoms with Gasteiger partial charge in [0.2, 0.25) is 0 Å². The van der Waals surface area contributed by atoms with Gasteiger partial charge >= 0.3 is 5.97 Å². The molecule has 0 saturated heterocycles. The quantitative estimate of drug-likeness (QED) is 0.249. The molecule has 0 amide bonds. The molecule has 0 radical (unpaired) electrons. The maximum absolute atomic E-state index is 13.9. The molecule has 1 aliphatic heterocycles. The molecule has 10 heteroatoms. The van der Waals surface area contributed by atoms with Crippen molar-refractivity contribution in [1.29, 1.82) is 0 Å². The summed E-state index contributed by atoms with van der Waals surface area (Å²) in [5.74, 6) is 1.22. The van der Waals surface area contributed by atoms with E-state index in [1.165, 1.54) is 23.0 Å². The standard InChI is InChI=1S/C32H29ClN2O6S/c1-5-40-31(37)28-19(2)34-32-35(29(28)25-15-14-24(38-3)17-26(25)39-4)30(36)27(42-32)16-20-8-12-23(13-9-20)41-18-21-6-10-22(33)11-7-21/h6-17,29H,5,18H2,1-4H3/b27-16-. The van der Waals surface area contributed by atoms with Gasteiger partial charge in [0.1, 0.15) is 29.9 Å². The fourth-order valence-electron chi connectivity index (χ4n) is 4.69. The van der Waals surface area contributed by atoms with E-state index in [0.29, 0.717) is 49.5 Å². The monoisotopic (exact) mass is 604 g/mol. The predicted octanol–water partition coefficient (Wildman–Crippen LogP) is 5.05. The van der Waals surface area contributed by atoms with Crippen LogP contribution < -0.4 is 29.1 Å². The fourth-order valence-corrected chi connectivity index (χ4v) is 5.86. The number of carbonyl (C=O) groups is 1. The van der Waals surface area contributed by atoms with Crippen molar-refractivity contribution in [3.05, 3.63) is 119 Å². The van der Waals surface area contributed by atoms with Gasteiger partial charge in [-0.3, -0.25) is 9.36 Å². The molecular formula is C32H29ClN2O6S. The van der Waals surface area contributed by atoms with Gasteiger partial charge in [-0.15, -0.1) is 0 Å². The molecule has 42 heavy (non-hydrogen) atoms. The summed E-state index contributed by atoms with van der Waals surface area (Å²) in [6.07, 6.45) is 1.80. The highest BCUT2D eigenvalue weighted by Gasteiger charge is 2.35. The van der Waals surface area contributed by atoms with Crippen LogP contribution in [0.2, 0.25) is 5.02 Å². The lowest BCUT2D eigenvalue weighted by Crippen LogP contribution is -2.40. The topological polar surface area (TPSA) is 88.4 Å². The minimum atomic E-state index is -0.799. The molecule has 0 saturated carbocycles. The number of nitrogens with zero attached hydrogens (tertiary/aromatic N) is 2. The summed E-state index contributed by atoms with van der Waals surface area (Å²) < 4.78 is 24.3. The number of carbonyl (C=O) groups excluding carboxylic acids is 1. The first kappa shape index (κ1) is 29.2. The molecule has 3 aromatic carbocycles. The van der Waals surface area contributed by atoms with Gasteiger partial charge in [-0.05, 0) is 67.4 Å². The lowest BCUT2D eigenvalue weighted by molar-refractivity contribution is -0.139. The van der Waals surface area contributed by atoms with Gasteiger partial charge in [-0.25, -0.2) is 9.79 Å². The molecule has 1 aliphatic rings. The van der Waals surface area contributed by atoms with E-state index in [0.717, 1.165) is 11.1 Å². The number of hydrogen-bond donors (Lipinski definition) is 0. The highest BCUT2D eigenvalue weighted by molar-refractivity contribution is 7.07. The molecular weight excluding hydrogens is 576 g/mol. The Bertz CT molecular complexity index is 1820. The number of hydrogen-bond acceptors (Lipinski definition) is 8. The summed E-state index contributed by atoms with van der Waals surface area (Å²) in [5.41, 5.74) is 2.92. The Labute approximate surface area is 251 Å². The van der Waals surface area contributed by atoms with Gasteiger partial charge in [0.15, 0.2) is 4.80 Å². The van der Waals surface area contributed by atoms with Gasteiger partial charge in [0, 0.05) is 16.7 Å². The van der Waals surface area contributed by atoms with E-state index in [2.05, 4.69) is 4.99 Å². The zero-order valence-electron chi connectivity index (χ0n) is 23.5. The maximum atomic E-state index is 13.9. The second kappa shape index (κ2) is 12.7. The first-order valence-electron chi connectivity index (χ1n) is 13.2. The van der Waals surface area contributed by atoms with E-state index in [1.54, 1.807) is 45.2 Å². The van der Waals surface area contributed by atoms with Crippen LogP contribution in [-0.2, 0) is 16.1 Å². The summed E-state index contributed by atoms with van der Waals surface area (Å²) in [7, 11) is 3.09. The summed E-state index contributed by atoms with van der Waals surface area (Å²) in [4.78, 5) is 32.2. The molecule has 216 valence electrons. The maximum Gasteiger partial charge on any atom is 0.338 e. The van der Waals surface area contributed by atoms with E-state index in [9.17, 15) is 9.59 Å². The molecule has 5 rings (SSSR count). The third-order valence-corrected chi connectivity index (χ3v) is 7.98. The summed E-state index contributed by atoms with van der Waals surface area (Å²) in [6.45, 7) is 4.08. The Morgan fingerprint density at radius 1 is 1.02 bits per heavy atom. The highest BCUT2D eigenvalue weighted by atomic mass is 35.5. The molecule has 4 aromatic rings. The molecule has 8 nitrogen and oxygen atoms in total. The predicted molar refractivity (Wildman–Crippen MR) is 162 cm³/mol. The number of halogens is 1. The number of thiazole rings is 1. The average Bonchev–Trinajstić information content (AvgIpc) is 3.30. The van der Waals surface area contributed by atoms with Crippen LogP contribution in [0.3, 0.4) is 0 Å². The molecule has 2 heterocycles. The SMILES string of the molecule is CCOC(=O)C1=C(C)N=c2s/c(=C\c3ccc(OCc4ccc(Cl)cc4)cc3)c(=O)n2C1c1ccc(OC)cc1OC. The Morgan fingerprint density at radius 2 is 1.74 bits per heavy atom. The van der Waals surface area contributed by atoms with Crippen molar-refractivity contribution in [2.24, 2.45) is 4.99 Å². The van der Waals surface area contributed by atoms with Crippen molar-refractivity contribution < 1.29 is 23.7 Å². The number of methoxy groups -OCH3 is 2. The third-order valence-electron chi connectivity index (χ3n) is 6.75. The zero-order chi connectivity index (χ0) is 29.8. The van der Waals surface area contributed by atoms with Crippen LogP contribution in [0, 0.1) is 0 Å². The summed E-state index contributed by atoms with van der Waals surface area (Å²) in [5, 5.41) is 0.676. The second-order valence-corrected chi connectivity index (χ2v) is 10.8. The number of rotatable bonds is 9. The Morgan fingerprint density at radius 3 is 2.40 bits per heavy atom. The molecule has 1 unspecified atom stereocenters. The first-order valence-corrected chi connectivity index (χ1v) is 14.4. The van der Waals surface area contributed by atoms with Gasteiger partial charge < -0.3 is 18.9 Å². The third kappa shape index (κ3) is 5.98. The number of ether oxygens (including phenoxy) is 4. The average molecular weight is 605 g/mol. The molecule has 1 aromatic heterocycles. The normalized spacial score (nSPS) is 14.7. The van der Waals surface area contributed by atoms with Gasteiger partial charge in [-0.1, -0.05) is 47.2 Å². The van der Waals surface area contributed by atoms with Gasteiger partial charge in [0.25, 0.3) is 5.56 Å². The van der Waals surface area contributed by atoms with Crippen molar-refractivity contribution >= 4 is 35.0 Å². The van der Waals surface area contributed by atoms with Crippen molar-refractivity contribution in [2.45, 2.75) is 26.5 Å². The lowest BCUT2D eigenvalue weighted by atomic mass is 9.95. The first-order chi connectivity index (χ1) is 20.3. The van der Waals surface area contributed by atoms with Gasteiger partial charge in [-0.2, -0.15) is 0 Å².